The maximum atomic E-state index is 12.3. The second-order valence-corrected chi connectivity index (χ2v) is 6.93. The Morgan fingerprint density at radius 1 is 1.08 bits per heavy atom. The molecule has 0 saturated carbocycles. The maximum absolute atomic E-state index is 12.3. The highest BCUT2D eigenvalue weighted by Gasteiger charge is 2.14. The monoisotopic (exact) mass is 373 g/mol. The van der Waals surface area contributed by atoms with Gasteiger partial charge in [-0.15, -0.1) is 11.8 Å². The lowest BCUT2D eigenvalue weighted by Gasteiger charge is -2.17. The Balaban J connectivity index is 1.97. The van der Waals surface area contributed by atoms with Crippen LogP contribution in [0.4, 0.5) is 0 Å². The third-order valence-electron chi connectivity index (χ3n) is 3.90. The molecule has 0 radical (unpaired) electrons. The standard InChI is InChI=1S/C21H27NO3S/c1-5-24-18-12-11-17(13-19(18)25-6-2)16(4)22-21(23)14-26-20-10-8-7-9-15(20)3/h7-13,16H,5-6,14H2,1-4H3,(H,22,23)/t16-/m0/s1. The van der Waals surface area contributed by atoms with Gasteiger partial charge in [-0.25, -0.2) is 0 Å². The number of carbonyl (C=O) groups excluding carboxylic acids is 1. The van der Waals surface area contributed by atoms with E-state index in [0.29, 0.717) is 24.7 Å². The highest BCUT2D eigenvalue weighted by molar-refractivity contribution is 8.00. The summed E-state index contributed by atoms with van der Waals surface area (Å²) in [6, 6.07) is 13.8. The Labute approximate surface area is 160 Å². The molecule has 0 heterocycles. The number of hydrogen-bond acceptors (Lipinski definition) is 4. The summed E-state index contributed by atoms with van der Waals surface area (Å²) in [4.78, 5) is 13.4. The predicted molar refractivity (Wildman–Crippen MR) is 107 cm³/mol. The lowest BCUT2D eigenvalue weighted by molar-refractivity contribution is -0.119. The Morgan fingerprint density at radius 3 is 2.46 bits per heavy atom. The summed E-state index contributed by atoms with van der Waals surface area (Å²) in [5.41, 5.74) is 2.18. The molecule has 0 aliphatic rings. The highest BCUT2D eigenvalue weighted by Crippen LogP contribution is 2.31. The van der Waals surface area contributed by atoms with Gasteiger partial charge in [-0.3, -0.25) is 4.79 Å². The minimum atomic E-state index is -0.102. The van der Waals surface area contributed by atoms with E-state index in [9.17, 15) is 4.79 Å². The van der Waals surface area contributed by atoms with Crippen LogP contribution in [-0.2, 0) is 4.79 Å². The van der Waals surface area contributed by atoms with Crippen LogP contribution in [0.2, 0.25) is 0 Å². The van der Waals surface area contributed by atoms with Gasteiger partial charge in [0, 0.05) is 4.90 Å². The average molecular weight is 374 g/mol. The molecule has 0 spiro atoms. The molecule has 2 rings (SSSR count). The summed E-state index contributed by atoms with van der Waals surface area (Å²) >= 11 is 1.56. The average Bonchev–Trinajstić information content (AvgIpc) is 2.63. The number of thioether (sulfide) groups is 1. The Bertz CT molecular complexity index is 733. The molecule has 0 aliphatic carbocycles. The molecule has 0 fully saturated rings. The Morgan fingerprint density at radius 2 is 1.77 bits per heavy atom. The van der Waals surface area contributed by atoms with Crippen molar-refractivity contribution in [2.24, 2.45) is 0 Å². The maximum Gasteiger partial charge on any atom is 0.230 e. The number of hydrogen-bond donors (Lipinski definition) is 1. The molecule has 26 heavy (non-hydrogen) atoms. The van der Waals surface area contributed by atoms with E-state index >= 15 is 0 Å². The van der Waals surface area contributed by atoms with Crippen molar-refractivity contribution in [1.82, 2.24) is 5.32 Å². The zero-order valence-electron chi connectivity index (χ0n) is 15.9. The minimum Gasteiger partial charge on any atom is -0.490 e. The van der Waals surface area contributed by atoms with Gasteiger partial charge in [-0.2, -0.15) is 0 Å². The van der Waals surface area contributed by atoms with Crippen LogP contribution in [0.1, 0.15) is 37.9 Å². The van der Waals surface area contributed by atoms with Crippen molar-refractivity contribution in [3.05, 3.63) is 53.6 Å². The van der Waals surface area contributed by atoms with Crippen molar-refractivity contribution >= 4 is 17.7 Å². The first-order valence-electron chi connectivity index (χ1n) is 8.92. The van der Waals surface area contributed by atoms with Gasteiger partial charge in [0.15, 0.2) is 11.5 Å². The molecule has 140 valence electrons. The molecule has 0 aliphatic heterocycles. The third kappa shape index (κ3) is 5.70. The molecule has 4 nitrogen and oxygen atoms in total. The largest absolute Gasteiger partial charge is 0.490 e. The summed E-state index contributed by atoms with van der Waals surface area (Å²) in [6.07, 6.45) is 0. The SMILES string of the molecule is CCOc1ccc([C@H](C)NC(=O)CSc2ccccc2C)cc1OCC. The van der Waals surface area contributed by atoms with Crippen LogP contribution < -0.4 is 14.8 Å². The van der Waals surface area contributed by atoms with Crippen LogP contribution in [0.25, 0.3) is 0 Å². The van der Waals surface area contributed by atoms with Crippen LogP contribution in [0, 0.1) is 6.92 Å². The van der Waals surface area contributed by atoms with Crippen LogP contribution >= 0.6 is 11.8 Å². The second-order valence-electron chi connectivity index (χ2n) is 5.92. The van der Waals surface area contributed by atoms with E-state index in [1.54, 1.807) is 11.8 Å². The molecular weight excluding hydrogens is 346 g/mol. The molecule has 2 aromatic carbocycles. The lowest BCUT2D eigenvalue weighted by Crippen LogP contribution is -2.28. The minimum absolute atomic E-state index is 0.0117. The van der Waals surface area contributed by atoms with Gasteiger partial charge in [0.05, 0.1) is 25.0 Å². The predicted octanol–water partition coefficient (Wildman–Crippen LogP) is 4.76. The number of amides is 1. The molecule has 0 aromatic heterocycles. The fraction of sp³-hybridized carbons (Fsp3) is 0.381. The first-order valence-corrected chi connectivity index (χ1v) is 9.91. The van der Waals surface area contributed by atoms with Crippen molar-refractivity contribution in [2.75, 3.05) is 19.0 Å². The fourth-order valence-corrected chi connectivity index (χ4v) is 3.41. The quantitative estimate of drug-likeness (QED) is 0.644. The molecule has 0 unspecified atom stereocenters. The first kappa shape index (κ1) is 20.2. The summed E-state index contributed by atoms with van der Waals surface area (Å²) in [5.74, 6) is 1.84. The number of benzene rings is 2. The van der Waals surface area contributed by atoms with Gasteiger partial charge in [-0.05, 0) is 57.0 Å². The van der Waals surface area contributed by atoms with E-state index in [-0.39, 0.29) is 11.9 Å². The smallest absolute Gasteiger partial charge is 0.230 e. The summed E-state index contributed by atoms with van der Waals surface area (Å²) in [6.45, 7) is 9.06. The van der Waals surface area contributed by atoms with E-state index in [0.717, 1.165) is 16.2 Å². The first-order chi connectivity index (χ1) is 12.5. The van der Waals surface area contributed by atoms with Crippen LogP contribution in [0.3, 0.4) is 0 Å². The third-order valence-corrected chi connectivity index (χ3v) is 5.07. The molecule has 1 atom stereocenters. The van der Waals surface area contributed by atoms with Gasteiger partial charge in [0.25, 0.3) is 0 Å². The molecular formula is C21H27NO3S. The Hall–Kier alpha value is -2.14. The topological polar surface area (TPSA) is 47.6 Å². The fourth-order valence-electron chi connectivity index (χ4n) is 2.57. The molecule has 0 bridgehead atoms. The van der Waals surface area contributed by atoms with Crippen molar-refractivity contribution < 1.29 is 14.3 Å². The molecule has 0 saturated heterocycles. The van der Waals surface area contributed by atoms with E-state index in [1.165, 1.54) is 5.56 Å². The van der Waals surface area contributed by atoms with E-state index < -0.39 is 0 Å². The molecule has 5 heteroatoms. The van der Waals surface area contributed by atoms with E-state index in [2.05, 4.69) is 18.3 Å². The zero-order chi connectivity index (χ0) is 18.9. The van der Waals surface area contributed by atoms with Crippen molar-refractivity contribution in [3.63, 3.8) is 0 Å². The highest BCUT2D eigenvalue weighted by atomic mass is 32.2. The van der Waals surface area contributed by atoms with Crippen molar-refractivity contribution in [2.45, 2.75) is 38.6 Å². The van der Waals surface area contributed by atoms with Crippen LogP contribution in [-0.4, -0.2) is 24.9 Å². The van der Waals surface area contributed by atoms with E-state index in [4.69, 9.17) is 9.47 Å². The Kier molecular flexibility index (Phi) is 7.85. The normalized spacial score (nSPS) is 11.7. The number of rotatable bonds is 9. The number of carbonyl (C=O) groups is 1. The molecule has 1 N–H and O–H groups in total. The number of nitrogens with one attached hydrogen (secondary N) is 1. The van der Waals surface area contributed by atoms with Crippen LogP contribution in [0.5, 0.6) is 11.5 Å². The zero-order valence-corrected chi connectivity index (χ0v) is 16.7. The summed E-state index contributed by atoms with van der Waals surface area (Å²) in [7, 11) is 0. The van der Waals surface area contributed by atoms with Crippen molar-refractivity contribution in [1.29, 1.82) is 0 Å². The van der Waals surface area contributed by atoms with Gasteiger partial charge in [0.1, 0.15) is 0 Å². The number of ether oxygens (including phenoxy) is 2. The van der Waals surface area contributed by atoms with Crippen molar-refractivity contribution in [3.8, 4) is 11.5 Å². The summed E-state index contributed by atoms with van der Waals surface area (Å²) in [5, 5.41) is 3.05. The number of aryl methyl sites for hydroxylation is 1. The van der Waals surface area contributed by atoms with Gasteiger partial charge in [0.2, 0.25) is 5.91 Å². The molecule has 2 aromatic rings. The van der Waals surface area contributed by atoms with Gasteiger partial charge in [-0.1, -0.05) is 24.3 Å². The second kappa shape index (κ2) is 10.1. The summed E-state index contributed by atoms with van der Waals surface area (Å²) < 4.78 is 11.3. The van der Waals surface area contributed by atoms with Gasteiger partial charge >= 0.3 is 0 Å². The van der Waals surface area contributed by atoms with E-state index in [1.807, 2.05) is 57.2 Å². The molecule has 1 amide bonds. The van der Waals surface area contributed by atoms with Gasteiger partial charge < -0.3 is 14.8 Å². The van der Waals surface area contributed by atoms with Crippen LogP contribution in [0.15, 0.2) is 47.4 Å². The lowest BCUT2D eigenvalue weighted by atomic mass is 10.1.